The summed E-state index contributed by atoms with van der Waals surface area (Å²) in [5.74, 6) is 0. The molecule has 0 amide bonds. The van der Waals surface area contributed by atoms with Crippen molar-refractivity contribution in [1.29, 1.82) is 0 Å². The van der Waals surface area contributed by atoms with Crippen molar-refractivity contribution in [1.82, 2.24) is 14.5 Å². The largest absolute Gasteiger partial charge is 0.341 e. The van der Waals surface area contributed by atoms with Gasteiger partial charge in [-0.2, -0.15) is 0 Å². The number of nitrogens with zero attached hydrogens (tertiary/aromatic N) is 2. The Morgan fingerprint density at radius 3 is 2.64 bits per heavy atom. The van der Waals surface area contributed by atoms with Gasteiger partial charge in [-0.15, -0.1) is 11.3 Å². The molecule has 0 atom stereocenters. The highest BCUT2D eigenvalue weighted by Crippen LogP contribution is 2.34. The SMILES string of the molecule is Cn1c(=O)c(-c2ccc(Cl)cc2Cl)cc2c3cc(-c4nccs4)ccc3[nH]c21. The third-order valence-corrected chi connectivity index (χ3v) is 6.25. The molecule has 3 heterocycles. The van der Waals surface area contributed by atoms with E-state index in [9.17, 15) is 4.79 Å². The Kier molecular flexibility index (Phi) is 4.05. The van der Waals surface area contributed by atoms with E-state index in [0.29, 0.717) is 21.2 Å². The topological polar surface area (TPSA) is 50.7 Å². The molecule has 0 spiro atoms. The van der Waals surface area contributed by atoms with Crippen LogP contribution in [-0.2, 0) is 7.05 Å². The number of hydrogen-bond donors (Lipinski definition) is 1. The van der Waals surface area contributed by atoms with E-state index >= 15 is 0 Å². The predicted octanol–water partition coefficient (Wildman–Crippen LogP) is 6.12. The highest BCUT2D eigenvalue weighted by Gasteiger charge is 2.16. The van der Waals surface area contributed by atoms with Crippen molar-refractivity contribution in [3.63, 3.8) is 0 Å². The summed E-state index contributed by atoms with van der Waals surface area (Å²) < 4.78 is 1.62. The van der Waals surface area contributed by atoms with Gasteiger partial charge in [0.2, 0.25) is 0 Å². The van der Waals surface area contributed by atoms with Gasteiger partial charge in [-0.05, 0) is 36.4 Å². The van der Waals surface area contributed by atoms with Gasteiger partial charge in [-0.25, -0.2) is 4.98 Å². The van der Waals surface area contributed by atoms with Crippen LogP contribution in [0.3, 0.4) is 0 Å². The van der Waals surface area contributed by atoms with Crippen LogP contribution in [0.25, 0.3) is 43.6 Å². The number of halogens is 2. The average molecular weight is 426 g/mol. The van der Waals surface area contributed by atoms with E-state index in [1.165, 1.54) is 0 Å². The van der Waals surface area contributed by atoms with E-state index < -0.39 is 0 Å². The second-order valence-electron chi connectivity index (χ2n) is 6.53. The lowest BCUT2D eigenvalue weighted by Crippen LogP contribution is -2.19. The number of aryl methyl sites for hydroxylation is 1. The number of thiazole rings is 1. The van der Waals surface area contributed by atoms with Crippen molar-refractivity contribution in [2.24, 2.45) is 7.05 Å². The number of fused-ring (bicyclic) bond motifs is 3. The first-order chi connectivity index (χ1) is 13.5. The molecule has 2 aromatic carbocycles. The average Bonchev–Trinajstić information content (AvgIpc) is 3.33. The molecular formula is C21H13Cl2N3OS. The number of benzene rings is 2. The fourth-order valence-corrected chi connectivity index (χ4v) is 4.64. The van der Waals surface area contributed by atoms with Gasteiger partial charge in [-0.1, -0.05) is 29.3 Å². The zero-order chi connectivity index (χ0) is 19.4. The zero-order valence-electron chi connectivity index (χ0n) is 14.7. The van der Waals surface area contributed by atoms with Crippen molar-refractivity contribution in [3.05, 3.63) is 74.4 Å². The molecule has 0 unspecified atom stereocenters. The molecule has 5 aromatic rings. The minimum Gasteiger partial charge on any atom is -0.341 e. The van der Waals surface area contributed by atoms with Gasteiger partial charge < -0.3 is 4.98 Å². The molecule has 0 fully saturated rings. The normalized spacial score (nSPS) is 11.5. The summed E-state index contributed by atoms with van der Waals surface area (Å²) in [4.78, 5) is 20.7. The summed E-state index contributed by atoms with van der Waals surface area (Å²) in [5.41, 5.74) is 3.86. The van der Waals surface area contributed by atoms with Crippen LogP contribution in [0.15, 0.2) is 58.8 Å². The monoisotopic (exact) mass is 425 g/mol. The summed E-state index contributed by atoms with van der Waals surface area (Å²) in [7, 11) is 1.76. The highest BCUT2D eigenvalue weighted by atomic mass is 35.5. The Morgan fingerprint density at radius 2 is 1.89 bits per heavy atom. The minimum absolute atomic E-state index is 0.122. The maximum Gasteiger partial charge on any atom is 0.259 e. The van der Waals surface area contributed by atoms with Crippen LogP contribution in [0.1, 0.15) is 0 Å². The summed E-state index contributed by atoms with van der Waals surface area (Å²) in [6.45, 7) is 0. The number of aromatic nitrogens is 3. The van der Waals surface area contributed by atoms with Crippen molar-refractivity contribution >= 4 is 56.5 Å². The van der Waals surface area contributed by atoms with E-state index in [4.69, 9.17) is 23.2 Å². The number of rotatable bonds is 2. The van der Waals surface area contributed by atoms with Gasteiger partial charge in [0.15, 0.2) is 0 Å². The van der Waals surface area contributed by atoms with Gasteiger partial charge in [0.25, 0.3) is 5.56 Å². The Morgan fingerprint density at radius 1 is 1.04 bits per heavy atom. The Hall–Kier alpha value is -2.60. The zero-order valence-corrected chi connectivity index (χ0v) is 17.0. The van der Waals surface area contributed by atoms with E-state index in [2.05, 4.69) is 16.0 Å². The molecule has 138 valence electrons. The second-order valence-corrected chi connectivity index (χ2v) is 8.27. The molecular weight excluding hydrogens is 413 g/mol. The van der Waals surface area contributed by atoms with Crippen LogP contribution in [0.4, 0.5) is 0 Å². The molecule has 0 radical (unpaired) electrons. The lowest BCUT2D eigenvalue weighted by Gasteiger charge is -2.08. The van der Waals surface area contributed by atoms with Crippen molar-refractivity contribution in [3.8, 4) is 21.7 Å². The highest BCUT2D eigenvalue weighted by molar-refractivity contribution is 7.13. The molecule has 0 aliphatic rings. The summed E-state index contributed by atoms with van der Waals surface area (Å²) in [5, 5.41) is 5.89. The quantitative estimate of drug-likeness (QED) is 0.370. The first kappa shape index (κ1) is 17.5. The molecule has 7 heteroatoms. The van der Waals surface area contributed by atoms with Crippen LogP contribution < -0.4 is 5.56 Å². The van der Waals surface area contributed by atoms with Crippen LogP contribution in [0, 0.1) is 0 Å². The fourth-order valence-electron chi connectivity index (χ4n) is 3.50. The molecule has 0 saturated heterocycles. The number of hydrogen-bond acceptors (Lipinski definition) is 3. The standard InChI is InChI=1S/C21H13Cl2N3OS/c1-26-19-15(10-16(21(26)27)13-4-3-12(22)9-17(13)23)14-8-11(2-5-18(14)25-19)20-24-6-7-28-20/h2-10,25H,1H3. The van der Waals surface area contributed by atoms with E-state index in [-0.39, 0.29) is 5.56 Å². The number of aromatic amines is 1. The van der Waals surface area contributed by atoms with Gasteiger partial charge in [-0.3, -0.25) is 9.36 Å². The Balaban J connectivity index is 1.83. The van der Waals surface area contributed by atoms with E-state index in [0.717, 1.165) is 32.5 Å². The Bertz CT molecular complexity index is 1420. The first-order valence-corrected chi connectivity index (χ1v) is 10.2. The predicted molar refractivity (Wildman–Crippen MR) is 118 cm³/mol. The molecule has 5 rings (SSSR count). The van der Waals surface area contributed by atoms with Crippen LogP contribution in [0.5, 0.6) is 0 Å². The molecule has 1 N–H and O–H groups in total. The fraction of sp³-hybridized carbons (Fsp3) is 0.0476. The van der Waals surface area contributed by atoms with Crippen LogP contribution >= 0.6 is 34.5 Å². The molecule has 0 aliphatic carbocycles. The van der Waals surface area contributed by atoms with Gasteiger partial charge in [0, 0.05) is 56.6 Å². The lowest BCUT2D eigenvalue weighted by atomic mass is 10.0. The van der Waals surface area contributed by atoms with E-state index in [1.54, 1.807) is 47.3 Å². The molecule has 0 saturated carbocycles. The summed E-state index contributed by atoms with van der Waals surface area (Å²) in [6, 6.07) is 13.2. The third kappa shape index (κ3) is 2.66. The maximum absolute atomic E-state index is 13.0. The third-order valence-electron chi connectivity index (χ3n) is 4.88. The smallest absolute Gasteiger partial charge is 0.259 e. The summed E-state index contributed by atoms with van der Waals surface area (Å²) >= 11 is 14.0. The van der Waals surface area contributed by atoms with Gasteiger partial charge in [0.1, 0.15) is 10.7 Å². The van der Waals surface area contributed by atoms with Crippen LogP contribution in [-0.4, -0.2) is 14.5 Å². The van der Waals surface area contributed by atoms with E-state index in [1.807, 2.05) is 23.6 Å². The van der Waals surface area contributed by atoms with Crippen molar-refractivity contribution in [2.45, 2.75) is 0 Å². The van der Waals surface area contributed by atoms with Gasteiger partial charge >= 0.3 is 0 Å². The van der Waals surface area contributed by atoms with Crippen molar-refractivity contribution in [2.75, 3.05) is 0 Å². The molecule has 0 bridgehead atoms. The molecule has 0 aliphatic heterocycles. The molecule has 4 nitrogen and oxygen atoms in total. The number of nitrogens with one attached hydrogen (secondary N) is 1. The number of pyridine rings is 1. The molecule has 28 heavy (non-hydrogen) atoms. The molecule has 3 aromatic heterocycles. The second kappa shape index (κ2) is 6.48. The van der Waals surface area contributed by atoms with Crippen LogP contribution in [0.2, 0.25) is 10.0 Å². The number of H-pyrrole nitrogens is 1. The van der Waals surface area contributed by atoms with Gasteiger partial charge in [0.05, 0.1) is 5.02 Å². The van der Waals surface area contributed by atoms with Crippen molar-refractivity contribution < 1.29 is 0 Å². The lowest BCUT2D eigenvalue weighted by molar-refractivity contribution is 0.896. The Labute approximate surface area is 174 Å². The maximum atomic E-state index is 13.0. The first-order valence-electron chi connectivity index (χ1n) is 8.53. The summed E-state index contributed by atoms with van der Waals surface area (Å²) in [6.07, 6.45) is 1.80. The minimum atomic E-state index is -0.122.